The number of azo groups is 1. The lowest BCUT2D eigenvalue weighted by molar-refractivity contribution is 0.0697. The molecule has 0 saturated heterocycles. The Hall–Kier alpha value is -2.90. The van der Waals surface area contributed by atoms with Gasteiger partial charge < -0.3 is 35.4 Å². The van der Waals surface area contributed by atoms with Crippen molar-refractivity contribution in [1.82, 2.24) is 0 Å². The van der Waals surface area contributed by atoms with Gasteiger partial charge in [-0.25, -0.2) is 4.79 Å². The second-order valence-electron chi connectivity index (χ2n) is 7.59. The van der Waals surface area contributed by atoms with Crippen LogP contribution in [0.2, 0.25) is 0 Å². The highest BCUT2D eigenvalue weighted by atomic mass is 32.1. The third-order valence-electron chi connectivity index (χ3n) is 5.05. The van der Waals surface area contributed by atoms with E-state index < -0.39 is 11.9 Å². The van der Waals surface area contributed by atoms with Crippen molar-refractivity contribution in [3.05, 3.63) is 39.8 Å². The number of hydrogen-bond acceptors (Lipinski definition) is 10. The van der Waals surface area contributed by atoms with E-state index in [9.17, 15) is 14.7 Å². The van der Waals surface area contributed by atoms with Crippen LogP contribution in [0.15, 0.2) is 28.4 Å². The lowest BCUT2D eigenvalue weighted by Crippen LogP contribution is -2.29. The van der Waals surface area contributed by atoms with Crippen LogP contribution in [0.5, 0.6) is 0 Å². The number of aliphatic hydroxyl groups is 2. The van der Waals surface area contributed by atoms with E-state index in [0.29, 0.717) is 38.6 Å². The maximum Gasteiger partial charge on any atom is 0.339 e. The fourth-order valence-corrected chi connectivity index (χ4v) is 4.31. The fourth-order valence-electron chi connectivity index (χ4n) is 3.34. The van der Waals surface area contributed by atoms with Crippen LogP contribution in [0.4, 0.5) is 16.4 Å². The topological polar surface area (TPSA) is 167 Å². The number of hydrogen-bond donors (Lipinski definition) is 4. The fraction of sp³-hybridized carbons (Fsp3) is 0.478. The lowest BCUT2D eigenvalue weighted by Gasteiger charge is -2.25. The van der Waals surface area contributed by atoms with Crippen LogP contribution < -0.4 is 10.6 Å². The SMILES string of the molecule is Cc1cc(N(CCCOCCO)CCOCCO)ccc1/N=N/c1sc(C(N)=O)c(C)c1C(=O)O. The monoisotopic (exact) mass is 508 g/mol. The number of thiophene rings is 1. The molecule has 2 rings (SSSR count). The van der Waals surface area contributed by atoms with Gasteiger partial charge in [-0.1, -0.05) is 0 Å². The summed E-state index contributed by atoms with van der Waals surface area (Å²) in [5, 5.41) is 35.7. The maximum absolute atomic E-state index is 11.7. The van der Waals surface area contributed by atoms with Gasteiger partial charge in [0.15, 0.2) is 5.00 Å². The summed E-state index contributed by atoms with van der Waals surface area (Å²) in [5.74, 6) is -1.91. The van der Waals surface area contributed by atoms with Gasteiger partial charge in [0.2, 0.25) is 0 Å². The van der Waals surface area contributed by atoms with Crippen molar-refractivity contribution >= 4 is 39.6 Å². The Kier molecular flexibility index (Phi) is 11.7. The van der Waals surface area contributed by atoms with Gasteiger partial charge in [0.05, 0.1) is 43.6 Å². The van der Waals surface area contributed by atoms with E-state index in [4.69, 9.17) is 25.4 Å². The molecule has 0 bridgehead atoms. The van der Waals surface area contributed by atoms with Crippen molar-refractivity contribution in [2.45, 2.75) is 20.3 Å². The normalized spacial score (nSPS) is 11.3. The zero-order valence-electron chi connectivity index (χ0n) is 19.9. The number of aliphatic hydroxyl groups excluding tert-OH is 2. The van der Waals surface area contributed by atoms with Gasteiger partial charge in [0.1, 0.15) is 5.56 Å². The molecule has 0 aliphatic rings. The molecule has 0 saturated carbocycles. The number of ether oxygens (including phenoxy) is 2. The molecule has 1 heterocycles. The predicted octanol–water partition coefficient (Wildman–Crippen LogP) is 2.79. The quantitative estimate of drug-likeness (QED) is 0.198. The van der Waals surface area contributed by atoms with E-state index in [1.54, 1.807) is 6.07 Å². The molecule has 0 atom stereocenters. The number of benzene rings is 1. The van der Waals surface area contributed by atoms with Gasteiger partial charge in [-0.05, 0) is 49.6 Å². The standard InChI is InChI=1S/C23H32N4O7S/c1-15-14-17(27(7-11-34-13-9-29)6-3-10-33-12-8-28)4-5-18(15)25-26-22-19(23(31)32)16(2)20(35-22)21(24)30/h4-5,14,28-29H,3,6-13H2,1-2H3,(H2,24,30)(H,31,32)/b26-25+. The first-order valence-electron chi connectivity index (χ1n) is 11.1. The molecule has 0 unspecified atom stereocenters. The summed E-state index contributed by atoms with van der Waals surface area (Å²) in [6.45, 7) is 6.15. The molecule has 1 aromatic carbocycles. The molecular weight excluding hydrogens is 476 g/mol. The minimum Gasteiger partial charge on any atom is -0.478 e. The van der Waals surface area contributed by atoms with Crippen molar-refractivity contribution in [3.63, 3.8) is 0 Å². The second kappa shape index (κ2) is 14.5. The van der Waals surface area contributed by atoms with Crippen LogP contribution in [-0.2, 0) is 9.47 Å². The summed E-state index contributed by atoms with van der Waals surface area (Å²) in [7, 11) is 0. The average Bonchev–Trinajstić information content (AvgIpc) is 3.16. The third-order valence-corrected chi connectivity index (χ3v) is 6.24. The summed E-state index contributed by atoms with van der Waals surface area (Å²) in [4.78, 5) is 25.5. The van der Waals surface area contributed by atoms with Gasteiger partial charge in [-0.15, -0.1) is 21.6 Å². The van der Waals surface area contributed by atoms with E-state index in [1.807, 2.05) is 19.1 Å². The number of aromatic carboxylic acids is 1. The minimum absolute atomic E-state index is 0.0171. The molecule has 35 heavy (non-hydrogen) atoms. The van der Waals surface area contributed by atoms with E-state index in [-0.39, 0.29) is 40.8 Å². The number of primary amides is 1. The van der Waals surface area contributed by atoms with Crippen LogP contribution >= 0.6 is 11.3 Å². The smallest absolute Gasteiger partial charge is 0.339 e. The van der Waals surface area contributed by atoms with Crippen LogP contribution in [0.3, 0.4) is 0 Å². The second-order valence-corrected chi connectivity index (χ2v) is 8.59. The van der Waals surface area contributed by atoms with Crippen LogP contribution in [-0.4, -0.2) is 79.9 Å². The molecule has 1 aromatic heterocycles. The number of nitrogens with zero attached hydrogens (tertiary/aromatic N) is 3. The zero-order chi connectivity index (χ0) is 25.8. The van der Waals surface area contributed by atoms with Gasteiger partial charge >= 0.3 is 5.97 Å². The largest absolute Gasteiger partial charge is 0.478 e. The highest BCUT2D eigenvalue weighted by molar-refractivity contribution is 7.18. The Bertz CT molecular complexity index is 1030. The molecule has 0 aliphatic carbocycles. The molecular formula is C23H32N4O7S. The highest BCUT2D eigenvalue weighted by Gasteiger charge is 2.23. The summed E-state index contributed by atoms with van der Waals surface area (Å²) in [6, 6.07) is 5.62. The van der Waals surface area contributed by atoms with Crippen molar-refractivity contribution in [3.8, 4) is 0 Å². The number of carboxylic acid groups (broad SMARTS) is 1. The molecule has 0 fully saturated rings. The number of aryl methyl sites for hydroxylation is 1. The van der Waals surface area contributed by atoms with E-state index in [1.165, 1.54) is 6.92 Å². The summed E-state index contributed by atoms with van der Waals surface area (Å²) < 4.78 is 10.8. The number of amides is 1. The number of nitrogens with two attached hydrogens (primary N) is 1. The van der Waals surface area contributed by atoms with Gasteiger partial charge in [0, 0.05) is 25.4 Å². The number of anilines is 1. The Morgan fingerprint density at radius 3 is 2.31 bits per heavy atom. The molecule has 12 heteroatoms. The lowest BCUT2D eigenvalue weighted by atomic mass is 10.1. The molecule has 5 N–H and O–H groups in total. The zero-order valence-corrected chi connectivity index (χ0v) is 20.7. The number of rotatable bonds is 16. The molecule has 2 aromatic rings. The van der Waals surface area contributed by atoms with E-state index in [0.717, 1.165) is 29.0 Å². The number of carbonyl (C=O) groups excluding carboxylic acids is 1. The van der Waals surface area contributed by atoms with E-state index in [2.05, 4.69) is 15.1 Å². The predicted molar refractivity (Wildman–Crippen MR) is 133 cm³/mol. The Morgan fingerprint density at radius 1 is 1.03 bits per heavy atom. The first-order chi connectivity index (χ1) is 16.8. The van der Waals surface area contributed by atoms with Gasteiger partial charge in [-0.3, -0.25) is 4.79 Å². The van der Waals surface area contributed by atoms with E-state index >= 15 is 0 Å². The first kappa shape index (κ1) is 28.3. The van der Waals surface area contributed by atoms with Crippen molar-refractivity contribution in [1.29, 1.82) is 0 Å². The third kappa shape index (κ3) is 8.37. The molecule has 0 radical (unpaired) electrons. The molecule has 192 valence electrons. The summed E-state index contributed by atoms with van der Waals surface area (Å²) in [5.41, 5.74) is 7.85. The minimum atomic E-state index is -1.20. The highest BCUT2D eigenvalue weighted by Crippen LogP contribution is 2.37. The first-order valence-corrected chi connectivity index (χ1v) is 11.9. The number of carbonyl (C=O) groups is 2. The van der Waals surface area contributed by atoms with Crippen LogP contribution in [0.1, 0.15) is 37.6 Å². The Balaban J connectivity index is 2.20. The van der Waals surface area contributed by atoms with Crippen LogP contribution in [0.25, 0.3) is 0 Å². The maximum atomic E-state index is 11.7. The van der Waals surface area contributed by atoms with Crippen LogP contribution in [0, 0.1) is 13.8 Å². The Labute approximate surface area is 207 Å². The van der Waals surface area contributed by atoms with Crippen molar-refractivity contribution in [2.24, 2.45) is 16.0 Å². The molecule has 1 amide bonds. The summed E-state index contributed by atoms with van der Waals surface area (Å²) >= 11 is 0.900. The van der Waals surface area contributed by atoms with Gasteiger partial charge in [0.25, 0.3) is 5.91 Å². The average molecular weight is 509 g/mol. The molecule has 11 nitrogen and oxygen atoms in total. The van der Waals surface area contributed by atoms with Gasteiger partial charge in [-0.2, -0.15) is 0 Å². The van der Waals surface area contributed by atoms with Crippen molar-refractivity contribution in [2.75, 3.05) is 57.6 Å². The summed E-state index contributed by atoms with van der Waals surface area (Å²) in [6.07, 6.45) is 0.748. The Morgan fingerprint density at radius 2 is 1.71 bits per heavy atom. The molecule has 0 spiro atoms. The van der Waals surface area contributed by atoms with Crippen molar-refractivity contribution < 1.29 is 34.4 Å². The number of carboxylic acids is 1. The molecule has 0 aliphatic heterocycles.